The van der Waals surface area contributed by atoms with Gasteiger partial charge < -0.3 is 14.4 Å². The van der Waals surface area contributed by atoms with Gasteiger partial charge in [-0.05, 0) is 13.0 Å². The molecule has 2 aromatic heterocycles. The molecule has 0 aliphatic heterocycles. The number of hydrogen-bond acceptors (Lipinski definition) is 4. The van der Waals surface area contributed by atoms with Gasteiger partial charge in [-0.2, -0.15) is 0 Å². The summed E-state index contributed by atoms with van der Waals surface area (Å²) in [6.07, 6.45) is 1.55. The number of nitrogens with zero attached hydrogens (tertiary/aromatic N) is 2. The zero-order valence-corrected chi connectivity index (χ0v) is 10.1. The lowest BCUT2D eigenvalue weighted by atomic mass is 10.2. The lowest BCUT2D eigenvalue weighted by molar-refractivity contribution is 0.0946. The smallest absolute Gasteiger partial charge is 0.251 e. The number of aryl methyl sites for hydroxylation is 2. The molecule has 0 atom stereocenters. The van der Waals surface area contributed by atoms with E-state index in [-0.39, 0.29) is 18.0 Å². The number of nitrogens with one attached hydrogen (secondary N) is 1. The molecule has 6 nitrogen and oxygen atoms in total. The number of pyridine rings is 1. The van der Waals surface area contributed by atoms with Crippen LogP contribution in [0.4, 0.5) is 0 Å². The Morgan fingerprint density at radius 3 is 2.89 bits per heavy atom. The van der Waals surface area contributed by atoms with Gasteiger partial charge in [-0.1, -0.05) is 5.16 Å². The Labute approximate surface area is 103 Å². The summed E-state index contributed by atoms with van der Waals surface area (Å²) >= 11 is 0. The predicted octanol–water partition coefficient (Wildman–Crippen LogP) is 0.612. The van der Waals surface area contributed by atoms with Gasteiger partial charge in [0.05, 0.1) is 12.2 Å². The molecule has 0 unspecified atom stereocenters. The molecule has 0 saturated carbocycles. The molecule has 0 fully saturated rings. The third-order valence-electron chi connectivity index (χ3n) is 2.47. The molecular weight excluding hydrogens is 234 g/mol. The number of rotatable bonds is 3. The van der Waals surface area contributed by atoms with Gasteiger partial charge in [-0.15, -0.1) is 0 Å². The molecule has 2 heterocycles. The van der Waals surface area contributed by atoms with Crippen molar-refractivity contribution in [1.29, 1.82) is 0 Å². The summed E-state index contributed by atoms with van der Waals surface area (Å²) in [4.78, 5) is 23.1. The van der Waals surface area contributed by atoms with Crippen LogP contribution in [-0.4, -0.2) is 15.6 Å². The Balaban J connectivity index is 2.03. The monoisotopic (exact) mass is 247 g/mol. The van der Waals surface area contributed by atoms with Crippen LogP contribution in [0.1, 0.15) is 21.8 Å². The molecular formula is C12H13N3O3. The molecule has 2 aromatic rings. The first kappa shape index (κ1) is 12.1. The van der Waals surface area contributed by atoms with Crippen molar-refractivity contribution >= 4 is 5.91 Å². The fourth-order valence-corrected chi connectivity index (χ4v) is 1.46. The van der Waals surface area contributed by atoms with Crippen molar-refractivity contribution in [3.8, 4) is 0 Å². The molecule has 18 heavy (non-hydrogen) atoms. The Kier molecular flexibility index (Phi) is 3.27. The Morgan fingerprint density at radius 1 is 1.50 bits per heavy atom. The lowest BCUT2D eigenvalue weighted by Gasteiger charge is -2.03. The molecule has 2 rings (SSSR count). The number of carbonyl (C=O) groups is 1. The van der Waals surface area contributed by atoms with Gasteiger partial charge in [0.1, 0.15) is 0 Å². The minimum atomic E-state index is -0.318. The van der Waals surface area contributed by atoms with Crippen molar-refractivity contribution in [2.75, 3.05) is 0 Å². The summed E-state index contributed by atoms with van der Waals surface area (Å²) in [6, 6.07) is 4.62. The van der Waals surface area contributed by atoms with Crippen molar-refractivity contribution in [2.45, 2.75) is 13.5 Å². The van der Waals surface area contributed by atoms with E-state index in [2.05, 4.69) is 10.5 Å². The first-order valence-electron chi connectivity index (χ1n) is 5.43. The average molecular weight is 247 g/mol. The maximum Gasteiger partial charge on any atom is 0.251 e. The standard InChI is InChI=1S/C12H13N3O3/c1-8-5-10(18-14-8)7-13-12(17)9-3-4-15(2)11(16)6-9/h3-6H,7H2,1-2H3,(H,13,17). The highest BCUT2D eigenvalue weighted by Gasteiger charge is 2.08. The van der Waals surface area contributed by atoms with E-state index in [4.69, 9.17) is 4.52 Å². The van der Waals surface area contributed by atoms with Gasteiger partial charge in [0.25, 0.3) is 11.5 Å². The summed E-state index contributed by atoms with van der Waals surface area (Å²) < 4.78 is 6.36. The number of aromatic nitrogens is 2. The van der Waals surface area contributed by atoms with Crippen LogP contribution >= 0.6 is 0 Å². The normalized spacial score (nSPS) is 10.3. The summed E-state index contributed by atoms with van der Waals surface area (Å²) in [6.45, 7) is 2.05. The summed E-state index contributed by atoms with van der Waals surface area (Å²) in [5.41, 5.74) is 0.861. The third-order valence-corrected chi connectivity index (χ3v) is 2.47. The highest BCUT2D eigenvalue weighted by Crippen LogP contribution is 2.02. The van der Waals surface area contributed by atoms with Crippen LogP contribution in [0.25, 0.3) is 0 Å². The SMILES string of the molecule is Cc1cc(CNC(=O)c2ccn(C)c(=O)c2)on1. The topological polar surface area (TPSA) is 77.1 Å². The predicted molar refractivity (Wildman–Crippen MR) is 64.1 cm³/mol. The first-order valence-corrected chi connectivity index (χ1v) is 5.43. The Bertz CT molecular complexity index is 627. The molecule has 1 amide bonds. The van der Waals surface area contributed by atoms with E-state index in [1.54, 1.807) is 32.3 Å². The minimum absolute atomic E-state index is 0.224. The third kappa shape index (κ3) is 2.65. The van der Waals surface area contributed by atoms with Crippen LogP contribution in [0.2, 0.25) is 0 Å². The van der Waals surface area contributed by atoms with Gasteiger partial charge in [-0.25, -0.2) is 0 Å². The highest BCUT2D eigenvalue weighted by molar-refractivity contribution is 5.93. The second kappa shape index (κ2) is 4.87. The van der Waals surface area contributed by atoms with Crippen LogP contribution in [0, 0.1) is 6.92 Å². The van der Waals surface area contributed by atoms with Crippen molar-refractivity contribution in [2.24, 2.45) is 7.05 Å². The highest BCUT2D eigenvalue weighted by atomic mass is 16.5. The van der Waals surface area contributed by atoms with E-state index in [0.29, 0.717) is 11.3 Å². The largest absolute Gasteiger partial charge is 0.359 e. The Morgan fingerprint density at radius 2 is 2.28 bits per heavy atom. The van der Waals surface area contributed by atoms with E-state index in [1.807, 2.05) is 0 Å². The van der Waals surface area contributed by atoms with Gasteiger partial charge in [0.2, 0.25) is 0 Å². The molecule has 0 aliphatic rings. The minimum Gasteiger partial charge on any atom is -0.359 e. The van der Waals surface area contributed by atoms with E-state index in [1.165, 1.54) is 10.6 Å². The Hall–Kier alpha value is -2.37. The lowest BCUT2D eigenvalue weighted by Crippen LogP contribution is -2.25. The fourth-order valence-electron chi connectivity index (χ4n) is 1.46. The van der Waals surface area contributed by atoms with Crippen LogP contribution in [-0.2, 0) is 13.6 Å². The first-order chi connectivity index (χ1) is 8.56. The molecule has 0 bridgehead atoms. The molecule has 0 spiro atoms. The van der Waals surface area contributed by atoms with Crippen molar-refractivity contribution < 1.29 is 9.32 Å². The second-order valence-electron chi connectivity index (χ2n) is 3.98. The van der Waals surface area contributed by atoms with Gasteiger partial charge in [-0.3, -0.25) is 9.59 Å². The maximum absolute atomic E-state index is 11.8. The molecule has 94 valence electrons. The zero-order chi connectivity index (χ0) is 13.1. The van der Waals surface area contributed by atoms with E-state index in [0.717, 1.165) is 5.69 Å². The fraction of sp³-hybridized carbons (Fsp3) is 0.250. The van der Waals surface area contributed by atoms with Crippen LogP contribution in [0.3, 0.4) is 0 Å². The maximum atomic E-state index is 11.8. The van der Waals surface area contributed by atoms with E-state index < -0.39 is 0 Å². The summed E-state index contributed by atoms with van der Waals surface area (Å²) in [5.74, 6) is 0.256. The second-order valence-corrected chi connectivity index (χ2v) is 3.98. The van der Waals surface area contributed by atoms with E-state index >= 15 is 0 Å². The van der Waals surface area contributed by atoms with Gasteiger partial charge >= 0.3 is 0 Å². The summed E-state index contributed by atoms with van der Waals surface area (Å²) in [7, 11) is 1.63. The summed E-state index contributed by atoms with van der Waals surface area (Å²) in [5, 5.41) is 6.37. The molecule has 0 aromatic carbocycles. The van der Waals surface area contributed by atoms with E-state index in [9.17, 15) is 9.59 Å². The molecule has 6 heteroatoms. The zero-order valence-electron chi connectivity index (χ0n) is 10.1. The van der Waals surface area contributed by atoms with Crippen LogP contribution in [0.5, 0.6) is 0 Å². The molecule has 0 radical (unpaired) electrons. The number of amides is 1. The van der Waals surface area contributed by atoms with Crippen molar-refractivity contribution in [3.05, 3.63) is 51.8 Å². The van der Waals surface area contributed by atoms with Crippen molar-refractivity contribution in [1.82, 2.24) is 15.0 Å². The average Bonchev–Trinajstić information content (AvgIpc) is 2.75. The van der Waals surface area contributed by atoms with Gasteiger partial charge in [0.15, 0.2) is 5.76 Å². The number of hydrogen-bond donors (Lipinski definition) is 1. The van der Waals surface area contributed by atoms with Crippen LogP contribution < -0.4 is 10.9 Å². The quantitative estimate of drug-likeness (QED) is 0.862. The number of carbonyl (C=O) groups excluding carboxylic acids is 1. The molecule has 0 saturated heterocycles. The van der Waals surface area contributed by atoms with Crippen molar-refractivity contribution in [3.63, 3.8) is 0 Å². The molecule has 1 N–H and O–H groups in total. The van der Waals surface area contributed by atoms with Gasteiger partial charge in [0, 0.05) is 30.9 Å². The molecule has 0 aliphatic carbocycles. The van der Waals surface area contributed by atoms with Crippen LogP contribution in [0.15, 0.2) is 33.7 Å².